The third-order valence-corrected chi connectivity index (χ3v) is 3.10. The van der Waals surface area contributed by atoms with Crippen LogP contribution in [0.3, 0.4) is 0 Å². The summed E-state index contributed by atoms with van der Waals surface area (Å²) in [6, 6.07) is 7.29. The van der Waals surface area contributed by atoms with Gasteiger partial charge in [-0.2, -0.15) is 0 Å². The summed E-state index contributed by atoms with van der Waals surface area (Å²) in [5, 5.41) is 2.55. The number of carbonyl (C=O) groups is 1. The van der Waals surface area contributed by atoms with Crippen LogP contribution in [-0.2, 0) is 7.05 Å². The Labute approximate surface area is 134 Å². The molecule has 3 N–H and O–H groups in total. The van der Waals surface area contributed by atoms with Gasteiger partial charge in [-0.1, -0.05) is 11.8 Å². The van der Waals surface area contributed by atoms with Crippen LogP contribution in [-0.4, -0.2) is 29.1 Å². The lowest BCUT2D eigenvalue weighted by atomic mass is 10.2. The van der Waals surface area contributed by atoms with Gasteiger partial charge in [0.15, 0.2) is 17.3 Å². The number of benzene rings is 1. The first-order valence-electron chi connectivity index (χ1n) is 6.76. The van der Waals surface area contributed by atoms with E-state index in [0.29, 0.717) is 5.82 Å². The van der Waals surface area contributed by atoms with Crippen molar-refractivity contribution >= 4 is 11.7 Å². The van der Waals surface area contributed by atoms with Crippen molar-refractivity contribution < 1.29 is 9.53 Å². The lowest BCUT2D eigenvalue weighted by Gasteiger charge is -2.03. The second kappa shape index (κ2) is 7.06. The number of terminal acetylenes is 1. The van der Waals surface area contributed by atoms with Gasteiger partial charge in [-0.25, -0.2) is 4.98 Å². The smallest absolute Gasteiger partial charge is 0.272 e. The normalized spacial score (nSPS) is 9.43. The van der Waals surface area contributed by atoms with E-state index >= 15 is 0 Å². The number of nitrogens with zero attached hydrogens (tertiary/aromatic N) is 2. The topological polar surface area (TPSA) is 82.2 Å². The van der Waals surface area contributed by atoms with Gasteiger partial charge in [0.05, 0.1) is 13.7 Å². The van der Waals surface area contributed by atoms with E-state index in [2.05, 4.69) is 28.1 Å². The predicted molar refractivity (Wildman–Crippen MR) is 87.8 cm³/mol. The number of hydrogen-bond acceptors (Lipinski definition) is 4. The highest BCUT2D eigenvalue weighted by Crippen LogP contribution is 2.13. The van der Waals surface area contributed by atoms with Gasteiger partial charge in [-0.3, -0.25) is 4.79 Å². The minimum Gasteiger partial charge on any atom is -0.497 e. The molecule has 0 saturated carbocycles. The molecular formula is C17H16N4O2. The van der Waals surface area contributed by atoms with E-state index in [1.165, 1.54) is 4.57 Å². The second-order valence-corrected chi connectivity index (χ2v) is 4.59. The number of nitrogens with two attached hydrogens (primary N) is 1. The average molecular weight is 308 g/mol. The van der Waals surface area contributed by atoms with Crippen LogP contribution in [0.2, 0.25) is 0 Å². The summed E-state index contributed by atoms with van der Waals surface area (Å²) in [5.41, 5.74) is 6.83. The first-order valence-corrected chi connectivity index (χ1v) is 6.76. The van der Waals surface area contributed by atoms with Gasteiger partial charge in [0.2, 0.25) is 0 Å². The van der Waals surface area contributed by atoms with Gasteiger partial charge in [-0.05, 0) is 30.2 Å². The minimum absolute atomic E-state index is 0.112. The molecule has 23 heavy (non-hydrogen) atoms. The number of nitrogens with one attached hydrogen (secondary N) is 1. The Bertz CT molecular complexity index is 817. The Morgan fingerprint density at radius 3 is 2.70 bits per heavy atom. The number of ether oxygens (including phenoxy) is 1. The monoisotopic (exact) mass is 308 g/mol. The summed E-state index contributed by atoms with van der Waals surface area (Å²) < 4.78 is 6.63. The molecule has 0 aliphatic heterocycles. The molecule has 1 aromatic carbocycles. The Morgan fingerprint density at radius 1 is 1.39 bits per heavy atom. The average Bonchev–Trinajstić information content (AvgIpc) is 2.85. The van der Waals surface area contributed by atoms with Gasteiger partial charge in [0.25, 0.3) is 5.91 Å². The summed E-state index contributed by atoms with van der Waals surface area (Å²) in [4.78, 5) is 16.1. The lowest BCUT2D eigenvalue weighted by Crippen LogP contribution is -2.26. The summed E-state index contributed by atoms with van der Waals surface area (Å²) >= 11 is 0. The number of anilines is 1. The van der Waals surface area contributed by atoms with E-state index in [0.717, 1.165) is 11.3 Å². The van der Waals surface area contributed by atoms with E-state index in [1.807, 2.05) is 24.3 Å². The van der Waals surface area contributed by atoms with Crippen molar-refractivity contribution in [1.82, 2.24) is 14.9 Å². The summed E-state index contributed by atoms with van der Waals surface area (Å²) in [5.74, 6) is 9.07. The van der Waals surface area contributed by atoms with Gasteiger partial charge in [0, 0.05) is 12.6 Å². The van der Waals surface area contributed by atoms with Crippen LogP contribution < -0.4 is 15.8 Å². The number of nitrogen functional groups attached to an aromatic ring is 1. The zero-order chi connectivity index (χ0) is 16.8. The van der Waals surface area contributed by atoms with Crippen LogP contribution in [0.5, 0.6) is 5.75 Å². The van der Waals surface area contributed by atoms with E-state index in [9.17, 15) is 4.79 Å². The lowest BCUT2D eigenvalue weighted by molar-refractivity contribution is 0.0951. The fourth-order valence-electron chi connectivity index (χ4n) is 1.92. The van der Waals surface area contributed by atoms with Crippen molar-refractivity contribution in [3.05, 3.63) is 41.3 Å². The molecule has 0 radical (unpaired) electrons. The highest BCUT2D eigenvalue weighted by Gasteiger charge is 2.17. The quantitative estimate of drug-likeness (QED) is 0.821. The first-order chi connectivity index (χ1) is 11.1. The molecule has 0 aliphatic rings. The summed E-state index contributed by atoms with van der Waals surface area (Å²) in [6.45, 7) is 0.121. The van der Waals surface area contributed by atoms with Gasteiger partial charge < -0.3 is 20.4 Å². The summed E-state index contributed by atoms with van der Waals surface area (Å²) in [6.07, 6.45) is 5.12. The van der Waals surface area contributed by atoms with Crippen molar-refractivity contribution in [3.8, 4) is 29.9 Å². The third kappa shape index (κ3) is 3.63. The van der Waals surface area contributed by atoms with Crippen LogP contribution in [0, 0.1) is 24.2 Å². The number of aromatic nitrogens is 2. The standard InChI is InChI=1S/C17H16N4O2/c1-4-11-19-17(22)15-16(18)20-14(21(15)2)10-7-12-5-8-13(23-3)9-6-12/h1,5-6,8-9H,11,18H2,2-3H3,(H,19,22). The summed E-state index contributed by atoms with van der Waals surface area (Å²) in [7, 11) is 3.27. The highest BCUT2D eigenvalue weighted by atomic mass is 16.5. The molecule has 1 aromatic heterocycles. The number of carbonyl (C=O) groups excluding carboxylic acids is 1. The van der Waals surface area contributed by atoms with Crippen LogP contribution >= 0.6 is 0 Å². The van der Waals surface area contributed by atoms with E-state index in [1.54, 1.807) is 14.2 Å². The molecule has 6 heteroatoms. The molecule has 0 atom stereocenters. The van der Waals surface area contributed by atoms with E-state index in [-0.39, 0.29) is 24.0 Å². The molecule has 1 heterocycles. The van der Waals surface area contributed by atoms with E-state index in [4.69, 9.17) is 16.9 Å². The maximum atomic E-state index is 12.0. The fraction of sp³-hybridized carbons (Fsp3) is 0.176. The van der Waals surface area contributed by atoms with Crippen LogP contribution in [0.4, 0.5) is 5.82 Å². The maximum Gasteiger partial charge on any atom is 0.272 e. The number of hydrogen-bond donors (Lipinski definition) is 2. The molecule has 0 spiro atoms. The SMILES string of the molecule is C#CCNC(=O)c1c(N)nc(C#Cc2ccc(OC)cc2)n1C. The molecule has 1 amide bonds. The van der Waals surface area contributed by atoms with Crippen molar-refractivity contribution in [2.45, 2.75) is 0 Å². The maximum absolute atomic E-state index is 12.0. The van der Waals surface area contributed by atoms with Gasteiger partial charge in [-0.15, -0.1) is 6.42 Å². The van der Waals surface area contributed by atoms with E-state index < -0.39 is 0 Å². The molecule has 0 saturated heterocycles. The van der Waals surface area contributed by atoms with Gasteiger partial charge in [0.1, 0.15) is 5.75 Å². The zero-order valence-electron chi connectivity index (χ0n) is 12.9. The molecule has 2 aromatic rings. The number of amides is 1. The predicted octanol–water partition coefficient (Wildman–Crippen LogP) is 0.774. The van der Waals surface area contributed by atoms with Crippen LogP contribution in [0.1, 0.15) is 21.9 Å². The molecule has 2 rings (SSSR count). The van der Waals surface area contributed by atoms with Gasteiger partial charge >= 0.3 is 0 Å². The Kier molecular flexibility index (Phi) is 4.91. The molecule has 116 valence electrons. The van der Waals surface area contributed by atoms with Crippen LogP contribution in [0.25, 0.3) is 0 Å². The molecule has 0 aliphatic carbocycles. The number of imidazole rings is 1. The van der Waals surface area contributed by atoms with Crippen LogP contribution in [0.15, 0.2) is 24.3 Å². The molecule has 0 unspecified atom stereocenters. The molecule has 6 nitrogen and oxygen atoms in total. The third-order valence-electron chi connectivity index (χ3n) is 3.10. The molecule has 0 bridgehead atoms. The number of methoxy groups -OCH3 is 1. The second-order valence-electron chi connectivity index (χ2n) is 4.59. The Morgan fingerprint density at radius 2 is 2.09 bits per heavy atom. The Hall–Kier alpha value is -3.38. The Balaban J connectivity index is 2.26. The molecule has 0 fully saturated rings. The van der Waals surface area contributed by atoms with Crippen molar-refractivity contribution in [2.75, 3.05) is 19.4 Å². The van der Waals surface area contributed by atoms with Crippen molar-refractivity contribution in [2.24, 2.45) is 7.05 Å². The first kappa shape index (κ1) is 16.0. The zero-order valence-corrected chi connectivity index (χ0v) is 12.9. The largest absolute Gasteiger partial charge is 0.497 e. The number of rotatable bonds is 3. The van der Waals surface area contributed by atoms with Crippen molar-refractivity contribution in [3.63, 3.8) is 0 Å². The molecular weight excluding hydrogens is 292 g/mol. The highest BCUT2D eigenvalue weighted by molar-refractivity contribution is 5.97. The fourth-order valence-corrected chi connectivity index (χ4v) is 1.92. The minimum atomic E-state index is -0.382. The van der Waals surface area contributed by atoms with Crippen molar-refractivity contribution in [1.29, 1.82) is 0 Å².